The summed E-state index contributed by atoms with van der Waals surface area (Å²) in [5, 5.41) is 0.637. The van der Waals surface area contributed by atoms with Gasteiger partial charge < -0.3 is 9.64 Å². The zero-order valence-corrected chi connectivity index (χ0v) is 10.1. The molecule has 1 rings (SSSR count). The van der Waals surface area contributed by atoms with E-state index in [0.29, 0.717) is 23.3 Å². The topological polar surface area (TPSA) is 37.2 Å². The lowest BCUT2D eigenvalue weighted by atomic mass is 10.4. The minimum atomic E-state index is 0.506. The highest BCUT2D eigenvalue weighted by Crippen LogP contribution is 2.13. The fourth-order valence-electron chi connectivity index (χ4n) is 1.27. The fraction of sp³-hybridized carbons (Fsp3) is 0.600. The number of nitrogens with zero attached hydrogens (tertiary/aromatic N) is 3. The van der Waals surface area contributed by atoms with Gasteiger partial charge in [-0.3, -0.25) is 0 Å². The first-order chi connectivity index (χ1) is 7.21. The molecule has 0 saturated carbocycles. The average Bonchev–Trinajstić information content (AvgIpc) is 2.43. The Morgan fingerprint density at radius 3 is 2.67 bits per heavy atom. The molecule has 0 saturated heterocycles. The Morgan fingerprint density at radius 1 is 1.47 bits per heavy atom. The lowest BCUT2D eigenvalue weighted by Gasteiger charge is -2.18. The van der Waals surface area contributed by atoms with Crippen molar-refractivity contribution < 1.29 is 4.74 Å². The van der Waals surface area contributed by atoms with E-state index in [-0.39, 0.29) is 0 Å². The lowest BCUT2D eigenvalue weighted by molar-refractivity contribution is 0.392. The maximum atomic E-state index is 5.93. The predicted octanol–water partition coefficient (Wildman–Crippen LogP) is 2.21. The van der Waals surface area contributed by atoms with Crippen LogP contribution >= 0.6 is 11.6 Å². The van der Waals surface area contributed by atoms with Crippen LogP contribution in [0.25, 0.3) is 0 Å². The van der Waals surface area contributed by atoms with Gasteiger partial charge in [0.15, 0.2) is 5.90 Å². The van der Waals surface area contributed by atoms with Gasteiger partial charge in [-0.25, -0.2) is 4.99 Å². The normalized spacial score (nSPS) is 16.1. The van der Waals surface area contributed by atoms with Crippen molar-refractivity contribution in [3.63, 3.8) is 0 Å². The number of halogens is 1. The van der Waals surface area contributed by atoms with Crippen LogP contribution < -0.4 is 0 Å². The Bertz CT molecular complexity index is 306. The van der Waals surface area contributed by atoms with E-state index in [1.165, 1.54) is 0 Å². The molecule has 0 unspecified atom stereocenters. The molecule has 0 aromatic rings. The summed E-state index contributed by atoms with van der Waals surface area (Å²) in [7, 11) is 1.59. The summed E-state index contributed by atoms with van der Waals surface area (Å²) in [4.78, 5) is 10.6. The molecule has 0 fully saturated rings. The van der Waals surface area contributed by atoms with Crippen molar-refractivity contribution in [2.75, 3.05) is 20.2 Å². The van der Waals surface area contributed by atoms with Crippen LogP contribution in [0.1, 0.15) is 20.3 Å². The molecule has 1 heterocycles. The van der Waals surface area contributed by atoms with Crippen molar-refractivity contribution in [3.8, 4) is 0 Å². The van der Waals surface area contributed by atoms with Gasteiger partial charge in [-0.1, -0.05) is 11.6 Å². The molecule has 0 atom stereocenters. The Hall–Kier alpha value is -1.03. The number of methoxy groups -OCH3 is 1. The molecule has 5 heteroatoms. The number of ether oxygens (including phenoxy) is 1. The quantitative estimate of drug-likeness (QED) is 0.728. The number of hydrogen-bond donors (Lipinski definition) is 0. The van der Waals surface area contributed by atoms with Gasteiger partial charge in [-0.05, 0) is 13.8 Å². The summed E-state index contributed by atoms with van der Waals surface area (Å²) in [5.41, 5.74) is 0. The highest BCUT2D eigenvalue weighted by molar-refractivity contribution is 6.31. The summed E-state index contributed by atoms with van der Waals surface area (Å²) in [6, 6.07) is 0. The van der Waals surface area contributed by atoms with Gasteiger partial charge in [-0.15, -0.1) is 0 Å². The highest BCUT2D eigenvalue weighted by Gasteiger charge is 2.12. The van der Waals surface area contributed by atoms with Crippen molar-refractivity contribution in [1.82, 2.24) is 4.90 Å². The molecule has 1 aliphatic rings. The average molecular weight is 230 g/mol. The summed E-state index contributed by atoms with van der Waals surface area (Å²) in [6.07, 6.45) is 2.14. The Kier molecular flexibility index (Phi) is 4.62. The van der Waals surface area contributed by atoms with Gasteiger partial charge in [-0.2, -0.15) is 4.99 Å². The van der Waals surface area contributed by atoms with Crippen LogP contribution in [0.4, 0.5) is 0 Å². The smallest absolute Gasteiger partial charge is 0.228 e. The highest BCUT2D eigenvalue weighted by atomic mass is 35.5. The van der Waals surface area contributed by atoms with Crippen LogP contribution in [0.15, 0.2) is 21.2 Å². The van der Waals surface area contributed by atoms with E-state index in [1.54, 1.807) is 13.3 Å². The second kappa shape index (κ2) is 5.75. The first kappa shape index (κ1) is 12.0. The predicted molar refractivity (Wildman–Crippen MR) is 63.4 cm³/mol. The molecule has 0 spiro atoms. The van der Waals surface area contributed by atoms with E-state index in [4.69, 9.17) is 16.3 Å². The van der Waals surface area contributed by atoms with Gasteiger partial charge in [0.1, 0.15) is 0 Å². The Labute approximate surface area is 95.3 Å². The largest absolute Gasteiger partial charge is 0.484 e. The molecule has 0 aromatic carbocycles. The molecule has 0 amide bonds. The van der Waals surface area contributed by atoms with E-state index in [1.807, 2.05) is 4.90 Å². The maximum absolute atomic E-state index is 5.93. The molecule has 84 valence electrons. The summed E-state index contributed by atoms with van der Waals surface area (Å²) in [5.74, 6) is 1.26. The van der Waals surface area contributed by atoms with Crippen LogP contribution in [0.5, 0.6) is 0 Å². The molecule has 0 aromatic heterocycles. The number of aliphatic imine (C=N–C) groups is 2. The molecule has 15 heavy (non-hydrogen) atoms. The second-order valence-electron chi connectivity index (χ2n) is 3.06. The second-order valence-corrected chi connectivity index (χ2v) is 3.55. The third-order valence-corrected chi connectivity index (χ3v) is 2.38. The van der Waals surface area contributed by atoms with Crippen LogP contribution in [0, 0.1) is 0 Å². The van der Waals surface area contributed by atoms with Crippen LogP contribution in [-0.4, -0.2) is 37.0 Å². The number of guanidine groups is 1. The number of rotatable bonds is 2. The van der Waals surface area contributed by atoms with Gasteiger partial charge in [0.05, 0.1) is 13.5 Å². The standard InChI is InChI=1S/C10H16ClN3O/c1-4-14(5-2)10-12-7-8(11)6-9(13-10)15-3/h7H,4-6H2,1-3H3. The van der Waals surface area contributed by atoms with E-state index < -0.39 is 0 Å². The van der Waals surface area contributed by atoms with Gasteiger partial charge >= 0.3 is 0 Å². The third-order valence-electron chi connectivity index (χ3n) is 2.15. The first-order valence-corrected chi connectivity index (χ1v) is 5.37. The molecule has 0 aliphatic carbocycles. The molecule has 0 radical (unpaired) electrons. The van der Waals surface area contributed by atoms with Crippen LogP contribution in [0.2, 0.25) is 0 Å². The summed E-state index contributed by atoms with van der Waals surface area (Å²) >= 11 is 5.93. The Balaban J connectivity index is 2.94. The van der Waals surface area contributed by atoms with Crippen molar-refractivity contribution in [3.05, 3.63) is 11.2 Å². The van der Waals surface area contributed by atoms with Crippen molar-refractivity contribution >= 4 is 23.5 Å². The summed E-state index contributed by atoms with van der Waals surface area (Å²) in [6.45, 7) is 5.84. The van der Waals surface area contributed by atoms with Crippen LogP contribution in [0.3, 0.4) is 0 Å². The zero-order chi connectivity index (χ0) is 11.3. The minimum absolute atomic E-state index is 0.506. The molecule has 4 nitrogen and oxygen atoms in total. The van der Waals surface area contributed by atoms with E-state index in [2.05, 4.69) is 23.8 Å². The monoisotopic (exact) mass is 229 g/mol. The van der Waals surface area contributed by atoms with Gasteiger partial charge in [0, 0.05) is 24.3 Å². The lowest BCUT2D eigenvalue weighted by Crippen LogP contribution is -2.29. The van der Waals surface area contributed by atoms with Crippen molar-refractivity contribution in [1.29, 1.82) is 0 Å². The maximum Gasteiger partial charge on any atom is 0.228 e. The Morgan fingerprint density at radius 2 is 2.13 bits per heavy atom. The molecule has 0 bridgehead atoms. The number of hydrogen-bond acceptors (Lipinski definition) is 4. The molecule has 1 aliphatic heterocycles. The zero-order valence-electron chi connectivity index (χ0n) is 9.33. The van der Waals surface area contributed by atoms with Gasteiger partial charge in [0.2, 0.25) is 5.96 Å². The van der Waals surface area contributed by atoms with E-state index >= 15 is 0 Å². The fourth-order valence-corrected chi connectivity index (χ4v) is 1.44. The molecular formula is C10H16ClN3O. The SMILES string of the molecule is CCN(CC)C1=NC=C(Cl)CC(OC)=N1. The van der Waals surface area contributed by atoms with Crippen LogP contribution in [-0.2, 0) is 4.74 Å². The molecular weight excluding hydrogens is 214 g/mol. The third kappa shape index (κ3) is 3.23. The van der Waals surface area contributed by atoms with Crippen molar-refractivity contribution in [2.24, 2.45) is 9.98 Å². The minimum Gasteiger partial charge on any atom is -0.484 e. The molecule has 0 N–H and O–H groups in total. The summed E-state index contributed by atoms with van der Waals surface area (Å²) < 4.78 is 5.13. The van der Waals surface area contributed by atoms with E-state index in [9.17, 15) is 0 Å². The van der Waals surface area contributed by atoms with Gasteiger partial charge in [0.25, 0.3) is 0 Å². The van der Waals surface area contributed by atoms with Crippen molar-refractivity contribution in [2.45, 2.75) is 20.3 Å². The first-order valence-electron chi connectivity index (χ1n) is 5.00. The van der Waals surface area contributed by atoms with E-state index in [0.717, 1.165) is 13.1 Å².